The Bertz CT molecular complexity index is 1730. The van der Waals surface area contributed by atoms with Gasteiger partial charge in [-0.15, -0.1) is 0 Å². The molecule has 23 heteroatoms. The Morgan fingerprint density at radius 2 is 1.29 bits per heavy atom. The molecule has 0 aliphatic carbocycles. The molecule has 0 radical (unpaired) electrons. The number of phenols is 1. The summed E-state index contributed by atoms with van der Waals surface area (Å²) >= 11 is 0. The van der Waals surface area contributed by atoms with Crippen LogP contribution >= 0.6 is 0 Å². The van der Waals surface area contributed by atoms with Gasteiger partial charge in [-0.25, -0.2) is 0 Å². The molecule has 62 heavy (non-hydrogen) atoms. The predicted molar refractivity (Wildman–Crippen MR) is 218 cm³/mol. The zero-order valence-electron chi connectivity index (χ0n) is 35.0. The molecule has 0 bridgehead atoms. The lowest BCUT2D eigenvalue weighted by molar-refractivity contribution is -0.142. The number of carbonyl (C=O) groups is 9. The van der Waals surface area contributed by atoms with E-state index in [-0.39, 0.29) is 38.1 Å². The lowest BCUT2D eigenvalue weighted by Gasteiger charge is -2.29. The number of phenolic OH excluding ortho intramolecular Hbond substituents is 1. The summed E-state index contributed by atoms with van der Waals surface area (Å²) in [5, 5.41) is 62.2. The number of nitrogens with one attached hydrogen (secondary N) is 6. The fourth-order valence-corrected chi connectivity index (χ4v) is 6.40. The number of unbranched alkanes of at least 4 members (excludes halogenated alkanes) is 1. The highest BCUT2D eigenvalue weighted by Crippen LogP contribution is 2.19. The van der Waals surface area contributed by atoms with Crippen molar-refractivity contribution in [3.63, 3.8) is 0 Å². The van der Waals surface area contributed by atoms with Gasteiger partial charge in [0.05, 0.1) is 13.2 Å². The van der Waals surface area contributed by atoms with Gasteiger partial charge < -0.3 is 73.8 Å². The van der Waals surface area contributed by atoms with E-state index in [4.69, 9.17) is 16.6 Å². The third kappa shape index (κ3) is 16.5. The Kier molecular flexibility index (Phi) is 21.7. The number of aliphatic hydroxyl groups is 2. The number of amides is 7. The summed E-state index contributed by atoms with van der Waals surface area (Å²) in [7, 11) is 0. The number of hydrogen-bond donors (Lipinski definition) is 13. The van der Waals surface area contributed by atoms with E-state index < -0.39 is 134 Å². The topological polar surface area (TPSA) is 382 Å². The van der Waals surface area contributed by atoms with E-state index in [0.717, 1.165) is 0 Å². The molecule has 23 nitrogen and oxygen atoms in total. The van der Waals surface area contributed by atoms with Crippen LogP contribution in [0.1, 0.15) is 71.3 Å². The molecule has 1 aromatic rings. The van der Waals surface area contributed by atoms with Crippen LogP contribution < -0.4 is 43.4 Å². The molecule has 1 saturated heterocycles. The Balaban J connectivity index is 2.39. The maximum Gasteiger partial charge on any atom is 0.325 e. The van der Waals surface area contributed by atoms with Crippen molar-refractivity contribution in [1.82, 2.24) is 36.8 Å². The maximum atomic E-state index is 14.0. The Morgan fingerprint density at radius 1 is 0.726 bits per heavy atom. The number of benzene rings is 1. The van der Waals surface area contributed by atoms with Crippen LogP contribution in [0.4, 0.5) is 0 Å². The van der Waals surface area contributed by atoms with E-state index in [1.165, 1.54) is 36.1 Å². The highest BCUT2D eigenvalue weighted by Gasteiger charge is 2.39. The van der Waals surface area contributed by atoms with E-state index in [2.05, 4.69) is 31.9 Å². The van der Waals surface area contributed by atoms with Gasteiger partial charge in [0.25, 0.3) is 0 Å². The number of hydrogen-bond acceptors (Lipinski definition) is 14. The van der Waals surface area contributed by atoms with Gasteiger partial charge >= 0.3 is 11.9 Å². The Labute approximate surface area is 358 Å². The lowest BCUT2D eigenvalue weighted by Crippen LogP contribution is -2.61. The van der Waals surface area contributed by atoms with Gasteiger partial charge in [0.1, 0.15) is 54.1 Å². The van der Waals surface area contributed by atoms with Crippen molar-refractivity contribution in [3.05, 3.63) is 29.8 Å². The molecule has 2 rings (SSSR count). The number of carboxylic acid groups (broad SMARTS) is 2. The third-order valence-corrected chi connectivity index (χ3v) is 10.0. The van der Waals surface area contributed by atoms with Crippen molar-refractivity contribution in [2.45, 2.75) is 120 Å². The molecule has 1 aliphatic heterocycles. The van der Waals surface area contributed by atoms with Crippen LogP contribution in [0.25, 0.3) is 0 Å². The first-order chi connectivity index (χ1) is 29.2. The minimum atomic E-state index is -1.60. The molecule has 8 atom stereocenters. The second-order valence-electron chi connectivity index (χ2n) is 15.3. The highest BCUT2D eigenvalue weighted by atomic mass is 16.4. The molecule has 1 heterocycles. The summed E-state index contributed by atoms with van der Waals surface area (Å²) in [6.45, 7) is 3.09. The van der Waals surface area contributed by atoms with Gasteiger partial charge in [0.2, 0.25) is 41.4 Å². The van der Waals surface area contributed by atoms with Gasteiger partial charge in [-0.1, -0.05) is 26.0 Å². The average molecular weight is 880 g/mol. The van der Waals surface area contributed by atoms with Crippen LogP contribution in [0.3, 0.4) is 0 Å². The number of likely N-dealkylation sites (tertiary alicyclic amines) is 1. The second-order valence-corrected chi connectivity index (χ2v) is 15.3. The van der Waals surface area contributed by atoms with Gasteiger partial charge in [-0.2, -0.15) is 0 Å². The molecular weight excluding hydrogens is 818 g/mol. The minimum absolute atomic E-state index is 0.0361. The maximum absolute atomic E-state index is 14.0. The smallest absolute Gasteiger partial charge is 0.325 e. The van der Waals surface area contributed by atoms with Crippen LogP contribution in [0, 0.1) is 5.92 Å². The second kappa shape index (κ2) is 25.8. The van der Waals surface area contributed by atoms with Crippen molar-refractivity contribution in [2.75, 3.05) is 26.3 Å². The van der Waals surface area contributed by atoms with Gasteiger partial charge in [0.15, 0.2) is 0 Å². The summed E-state index contributed by atoms with van der Waals surface area (Å²) in [4.78, 5) is 118. The van der Waals surface area contributed by atoms with Crippen molar-refractivity contribution >= 4 is 53.3 Å². The number of rotatable bonds is 26. The molecule has 1 aliphatic rings. The first-order valence-electron chi connectivity index (χ1n) is 20.3. The van der Waals surface area contributed by atoms with Gasteiger partial charge in [-0.05, 0) is 75.6 Å². The van der Waals surface area contributed by atoms with Crippen LogP contribution in [-0.4, -0.2) is 158 Å². The van der Waals surface area contributed by atoms with E-state index in [1.807, 2.05) is 0 Å². The highest BCUT2D eigenvalue weighted by molar-refractivity contribution is 5.98. The molecule has 0 aromatic heterocycles. The predicted octanol–water partition coefficient (Wildman–Crippen LogP) is -4.10. The van der Waals surface area contributed by atoms with Crippen LogP contribution in [0.5, 0.6) is 5.75 Å². The summed E-state index contributed by atoms with van der Waals surface area (Å²) in [5.41, 5.74) is 11.8. The molecule has 0 spiro atoms. The van der Waals surface area contributed by atoms with Crippen molar-refractivity contribution < 1.29 is 68.7 Å². The number of nitrogens with two attached hydrogens (primary N) is 2. The first kappa shape index (κ1) is 52.2. The number of aromatic hydroxyl groups is 1. The largest absolute Gasteiger partial charge is 0.508 e. The number of nitrogens with zero attached hydrogens (tertiary/aromatic N) is 1. The molecular formula is C39H61N9O14. The molecule has 0 unspecified atom stereocenters. The van der Waals surface area contributed by atoms with Crippen LogP contribution in [0.2, 0.25) is 0 Å². The Morgan fingerprint density at radius 3 is 1.84 bits per heavy atom. The fraction of sp³-hybridized carbons (Fsp3) is 0.615. The van der Waals surface area contributed by atoms with Gasteiger partial charge in [-0.3, -0.25) is 43.2 Å². The molecule has 7 amide bonds. The number of aliphatic hydroxyl groups excluding tert-OH is 2. The third-order valence-electron chi connectivity index (χ3n) is 10.0. The average Bonchev–Trinajstić information content (AvgIpc) is 3.72. The summed E-state index contributed by atoms with van der Waals surface area (Å²) < 4.78 is 0. The summed E-state index contributed by atoms with van der Waals surface area (Å²) in [6, 6.07) is -5.39. The van der Waals surface area contributed by atoms with Crippen molar-refractivity contribution in [1.29, 1.82) is 0 Å². The quantitative estimate of drug-likeness (QED) is 0.0393. The zero-order valence-corrected chi connectivity index (χ0v) is 35.0. The van der Waals surface area contributed by atoms with E-state index in [0.29, 0.717) is 24.8 Å². The van der Waals surface area contributed by atoms with Crippen LogP contribution in [0.15, 0.2) is 24.3 Å². The first-order valence-corrected chi connectivity index (χ1v) is 20.3. The fourth-order valence-electron chi connectivity index (χ4n) is 6.40. The minimum Gasteiger partial charge on any atom is -0.508 e. The van der Waals surface area contributed by atoms with Crippen molar-refractivity contribution in [2.24, 2.45) is 17.4 Å². The summed E-state index contributed by atoms with van der Waals surface area (Å²) in [5.74, 6) is -9.58. The van der Waals surface area contributed by atoms with E-state index >= 15 is 0 Å². The number of carbonyl (C=O) groups excluding carboxylic acids is 7. The number of carboxylic acids is 2. The zero-order chi connectivity index (χ0) is 46.7. The van der Waals surface area contributed by atoms with E-state index in [9.17, 15) is 63.6 Å². The van der Waals surface area contributed by atoms with Gasteiger partial charge in [0, 0.05) is 19.4 Å². The molecule has 0 saturated carbocycles. The van der Waals surface area contributed by atoms with Crippen molar-refractivity contribution in [3.8, 4) is 5.75 Å². The summed E-state index contributed by atoms with van der Waals surface area (Å²) in [6.07, 6.45) is 0.00248. The molecule has 1 fully saturated rings. The lowest BCUT2D eigenvalue weighted by atomic mass is 10.0. The molecule has 346 valence electrons. The Hall–Kier alpha value is -5.91. The van der Waals surface area contributed by atoms with Crippen LogP contribution in [-0.2, 0) is 49.6 Å². The van der Waals surface area contributed by atoms with E-state index in [1.54, 1.807) is 13.8 Å². The monoisotopic (exact) mass is 879 g/mol. The SMILES string of the molecule is CC(C)[C@H](NC(=O)[C@H](CCCCN)NC(=O)[C@H](CCC(=O)O)NC(=O)[C@H](Cc1ccc(O)cc1)NC(=O)[C@@H]1CCCN1C(=O)[C@@H](N)CO)C(=O)N[C@@H](CO)C(=O)N[C@@H](C)C(=O)O. The molecule has 15 N–H and O–H groups in total. The standard InChI is InChI=1S/C39H61N9O14/c1-20(2)31(37(59)46-28(19-50)35(57)42-21(3)39(61)62)47-33(55)25(7-4-5-15-40)43-32(54)26(13-14-30(52)53)44-34(56)27(17-22-9-11-23(51)12-10-22)45-36(58)29-8-6-16-48(29)38(60)24(41)18-49/h9-12,20-21,24-29,31,49-51H,4-8,13-19,40-41H2,1-3H3,(H,42,57)(H,43,54)(H,44,56)(H,45,58)(H,46,59)(H,47,55)(H,52,53)(H,61,62)/t21-,24-,25-,26-,27-,28-,29-,31-/m0/s1. The number of aliphatic carboxylic acids is 2. The molecule has 1 aromatic carbocycles. The normalized spacial score (nSPS) is 17.0.